The Morgan fingerprint density at radius 1 is 1.47 bits per heavy atom. The fourth-order valence-electron chi connectivity index (χ4n) is 1.53. The van der Waals surface area contributed by atoms with E-state index in [9.17, 15) is 9.18 Å². The van der Waals surface area contributed by atoms with Crippen LogP contribution in [0.2, 0.25) is 0 Å². The second-order valence-corrected chi connectivity index (χ2v) is 4.48. The molecule has 0 aliphatic heterocycles. The van der Waals surface area contributed by atoms with Crippen molar-refractivity contribution in [3.63, 3.8) is 0 Å². The van der Waals surface area contributed by atoms with Crippen LogP contribution in [0, 0.1) is 11.7 Å². The highest BCUT2D eigenvalue weighted by atomic mass is 19.1. The molecule has 4 nitrogen and oxygen atoms in total. The van der Waals surface area contributed by atoms with E-state index in [1.165, 1.54) is 6.07 Å². The minimum atomic E-state index is -0.515. The molecule has 0 aromatic heterocycles. The molecule has 2 atom stereocenters. The van der Waals surface area contributed by atoms with Crippen LogP contribution in [0.15, 0.2) is 24.3 Å². The summed E-state index contributed by atoms with van der Waals surface area (Å²) in [5.74, 6) is -0.299. The van der Waals surface area contributed by atoms with Gasteiger partial charge in [0.05, 0.1) is 12.6 Å². The van der Waals surface area contributed by atoms with Crippen molar-refractivity contribution in [3.8, 4) is 5.75 Å². The highest BCUT2D eigenvalue weighted by Crippen LogP contribution is 2.14. The average molecular weight is 268 g/mol. The maximum absolute atomic E-state index is 13.2. The van der Waals surface area contributed by atoms with E-state index >= 15 is 0 Å². The van der Waals surface area contributed by atoms with Gasteiger partial charge < -0.3 is 15.8 Å². The van der Waals surface area contributed by atoms with Crippen molar-refractivity contribution < 1.29 is 13.9 Å². The normalized spacial score (nSPS) is 13.7. The van der Waals surface area contributed by atoms with Crippen LogP contribution < -0.4 is 15.8 Å². The Morgan fingerprint density at radius 2 is 2.16 bits per heavy atom. The van der Waals surface area contributed by atoms with Crippen LogP contribution in [0.5, 0.6) is 5.75 Å². The van der Waals surface area contributed by atoms with Gasteiger partial charge in [0, 0.05) is 0 Å². The Hall–Kier alpha value is -1.62. The van der Waals surface area contributed by atoms with E-state index in [0.717, 1.165) is 6.42 Å². The lowest BCUT2D eigenvalue weighted by atomic mass is 9.99. The third-order valence-corrected chi connectivity index (χ3v) is 3.06. The van der Waals surface area contributed by atoms with Crippen LogP contribution in [0.3, 0.4) is 0 Å². The molecular formula is C14H21FN2O2. The number of ether oxygens (including phenoxy) is 1. The van der Waals surface area contributed by atoms with Gasteiger partial charge in [-0.15, -0.1) is 0 Å². The largest absolute Gasteiger partial charge is 0.489 e. The van der Waals surface area contributed by atoms with E-state index in [0.29, 0.717) is 6.54 Å². The number of nitrogens with one attached hydrogen (secondary N) is 1. The molecular weight excluding hydrogens is 247 g/mol. The molecule has 3 N–H and O–H groups in total. The Bertz CT molecular complexity index is 412. The summed E-state index contributed by atoms with van der Waals surface area (Å²) in [4.78, 5) is 11.7. The zero-order valence-corrected chi connectivity index (χ0v) is 11.4. The monoisotopic (exact) mass is 268 g/mol. The highest BCUT2D eigenvalue weighted by molar-refractivity contribution is 5.81. The van der Waals surface area contributed by atoms with Gasteiger partial charge in [-0.05, 0) is 18.1 Å². The number of carbonyl (C=O) groups excluding carboxylic acids is 1. The van der Waals surface area contributed by atoms with Crippen LogP contribution in [0.1, 0.15) is 20.3 Å². The van der Waals surface area contributed by atoms with Gasteiger partial charge in [-0.3, -0.25) is 4.79 Å². The topological polar surface area (TPSA) is 64.4 Å². The Labute approximate surface area is 113 Å². The van der Waals surface area contributed by atoms with Gasteiger partial charge in [-0.1, -0.05) is 32.4 Å². The standard InChI is InChI=1S/C14H21FN2O2/c1-3-10(2)13(16)14(18)17-8-9-19-12-7-5-4-6-11(12)15/h4-7,10,13H,3,8-9,16H2,1-2H3,(H,17,18)/t10?,13-/m0/s1. The van der Waals surface area contributed by atoms with E-state index in [1.807, 2.05) is 13.8 Å². The van der Waals surface area contributed by atoms with Gasteiger partial charge in [0.15, 0.2) is 11.6 Å². The van der Waals surface area contributed by atoms with E-state index in [-0.39, 0.29) is 24.2 Å². The summed E-state index contributed by atoms with van der Waals surface area (Å²) >= 11 is 0. The smallest absolute Gasteiger partial charge is 0.237 e. The first kappa shape index (κ1) is 15.4. The van der Waals surface area contributed by atoms with Gasteiger partial charge in [-0.2, -0.15) is 0 Å². The minimum absolute atomic E-state index is 0.132. The summed E-state index contributed by atoms with van der Waals surface area (Å²) in [6.45, 7) is 4.43. The van der Waals surface area contributed by atoms with Crippen molar-refractivity contribution >= 4 is 5.91 Å². The molecule has 1 amide bonds. The molecule has 106 valence electrons. The van der Waals surface area contributed by atoms with Crippen molar-refractivity contribution in [2.24, 2.45) is 11.7 Å². The van der Waals surface area contributed by atoms with E-state index in [1.54, 1.807) is 18.2 Å². The molecule has 1 unspecified atom stereocenters. The summed E-state index contributed by atoms with van der Waals surface area (Å²) < 4.78 is 18.4. The van der Waals surface area contributed by atoms with Crippen LogP contribution >= 0.6 is 0 Å². The first-order valence-electron chi connectivity index (χ1n) is 6.46. The van der Waals surface area contributed by atoms with Crippen LogP contribution in [0.25, 0.3) is 0 Å². The average Bonchev–Trinajstić information content (AvgIpc) is 2.43. The lowest BCUT2D eigenvalue weighted by Crippen LogP contribution is -2.45. The number of carbonyl (C=O) groups is 1. The molecule has 1 aromatic rings. The number of nitrogens with two attached hydrogens (primary N) is 1. The second kappa shape index (κ2) is 7.74. The minimum Gasteiger partial charge on any atom is -0.489 e. The number of rotatable bonds is 7. The van der Waals surface area contributed by atoms with E-state index in [2.05, 4.69) is 5.32 Å². The first-order valence-corrected chi connectivity index (χ1v) is 6.46. The van der Waals surface area contributed by atoms with E-state index < -0.39 is 11.9 Å². The SMILES string of the molecule is CCC(C)[C@H](N)C(=O)NCCOc1ccccc1F. The molecule has 0 heterocycles. The molecule has 0 spiro atoms. The zero-order valence-electron chi connectivity index (χ0n) is 11.4. The number of halogens is 1. The summed E-state index contributed by atoms with van der Waals surface area (Å²) in [6.07, 6.45) is 0.848. The van der Waals surface area contributed by atoms with Gasteiger partial charge in [-0.25, -0.2) is 4.39 Å². The highest BCUT2D eigenvalue weighted by Gasteiger charge is 2.18. The number of amides is 1. The van der Waals surface area contributed by atoms with Gasteiger partial charge >= 0.3 is 0 Å². The predicted molar refractivity (Wildman–Crippen MR) is 72.3 cm³/mol. The zero-order chi connectivity index (χ0) is 14.3. The molecule has 0 aliphatic rings. The van der Waals surface area contributed by atoms with Gasteiger partial charge in [0.1, 0.15) is 6.61 Å². The number of hydrogen-bond acceptors (Lipinski definition) is 3. The van der Waals surface area contributed by atoms with Crippen LogP contribution in [0.4, 0.5) is 4.39 Å². The Morgan fingerprint density at radius 3 is 2.79 bits per heavy atom. The quantitative estimate of drug-likeness (QED) is 0.740. The summed E-state index contributed by atoms with van der Waals surface area (Å²) in [7, 11) is 0. The van der Waals surface area contributed by atoms with Crippen LogP contribution in [-0.4, -0.2) is 25.1 Å². The second-order valence-electron chi connectivity index (χ2n) is 4.48. The lowest BCUT2D eigenvalue weighted by molar-refractivity contribution is -0.123. The molecule has 0 aliphatic carbocycles. The molecule has 19 heavy (non-hydrogen) atoms. The molecule has 1 rings (SSSR count). The predicted octanol–water partition coefficient (Wildman–Crippen LogP) is 1.69. The van der Waals surface area contributed by atoms with Gasteiger partial charge in [0.25, 0.3) is 0 Å². The molecule has 5 heteroatoms. The molecule has 0 fully saturated rings. The molecule has 0 saturated heterocycles. The molecule has 1 aromatic carbocycles. The van der Waals surface area contributed by atoms with Crippen molar-refractivity contribution in [3.05, 3.63) is 30.1 Å². The molecule has 0 bridgehead atoms. The lowest BCUT2D eigenvalue weighted by Gasteiger charge is -2.17. The number of benzene rings is 1. The molecule has 0 saturated carbocycles. The van der Waals surface area contributed by atoms with Crippen molar-refractivity contribution in [2.75, 3.05) is 13.2 Å². The fourth-order valence-corrected chi connectivity index (χ4v) is 1.53. The van der Waals surface area contributed by atoms with Crippen molar-refractivity contribution in [2.45, 2.75) is 26.3 Å². The maximum atomic E-state index is 13.2. The third kappa shape index (κ3) is 4.87. The Balaban J connectivity index is 2.28. The van der Waals surface area contributed by atoms with Crippen molar-refractivity contribution in [1.29, 1.82) is 0 Å². The Kier molecular flexibility index (Phi) is 6.29. The third-order valence-electron chi connectivity index (χ3n) is 3.06. The fraction of sp³-hybridized carbons (Fsp3) is 0.500. The maximum Gasteiger partial charge on any atom is 0.237 e. The van der Waals surface area contributed by atoms with E-state index in [4.69, 9.17) is 10.5 Å². The summed E-state index contributed by atoms with van der Waals surface area (Å²) in [6, 6.07) is 5.64. The summed E-state index contributed by atoms with van der Waals surface area (Å²) in [5, 5.41) is 2.68. The number of para-hydroxylation sites is 1. The van der Waals surface area contributed by atoms with Crippen molar-refractivity contribution in [1.82, 2.24) is 5.32 Å². The van der Waals surface area contributed by atoms with Gasteiger partial charge in [0.2, 0.25) is 5.91 Å². The summed E-state index contributed by atoms with van der Waals surface area (Å²) in [5.41, 5.74) is 5.78. The van der Waals surface area contributed by atoms with Crippen LogP contribution in [-0.2, 0) is 4.79 Å². The number of hydrogen-bond donors (Lipinski definition) is 2. The molecule has 0 radical (unpaired) electrons. The first-order chi connectivity index (χ1) is 9.06.